The number of carbonyl (C=O) groups is 1. The molecule has 0 atom stereocenters. The van der Waals surface area contributed by atoms with E-state index in [0.29, 0.717) is 31.6 Å². The number of alkyl halides is 3. The average molecular weight is 393 g/mol. The van der Waals surface area contributed by atoms with Gasteiger partial charge in [-0.15, -0.1) is 0 Å². The zero-order valence-electron chi connectivity index (χ0n) is 15.2. The third kappa shape index (κ3) is 4.49. The molecule has 0 saturated carbocycles. The van der Waals surface area contributed by atoms with Gasteiger partial charge in [-0.25, -0.2) is 9.37 Å². The lowest BCUT2D eigenvalue weighted by molar-refractivity contribution is -0.137. The molecule has 3 rings (SSSR count). The summed E-state index contributed by atoms with van der Waals surface area (Å²) in [7, 11) is 1.53. The van der Waals surface area contributed by atoms with E-state index in [9.17, 15) is 22.4 Å². The van der Waals surface area contributed by atoms with Gasteiger partial charge in [0.05, 0.1) is 17.4 Å². The third-order valence-electron chi connectivity index (χ3n) is 4.66. The van der Waals surface area contributed by atoms with Gasteiger partial charge in [0.2, 0.25) is 0 Å². The molecule has 1 fully saturated rings. The maximum absolute atomic E-state index is 13.4. The Bertz CT molecular complexity index is 881. The van der Waals surface area contributed by atoms with Gasteiger partial charge in [-0.1, -0.05) is 11.6 Å². The molecule has 0 unspecified atom stereocenters. The third-order valence-corrected chi connectivity index (χ3v) is 4.66. The summed E-state index contributed by atoms with van der Waals surface area (Å²) in [5.74, 6) is -0.967. The smallest absolute Gasteiger partial charge is 0.370 e. The maximum Gasteiger partial charge on any atom is 0.416 e. The van der Waals surface area contributed by atoms with Crippen molar-refractivity contribution in [3.8, 4) is 0 Å². The molecule has 1 aliphatic heterocycles. The minimum atomic E-state index is -4.53. The molecule has 1 aliphatic rings. The lowest BCUT2D eigenvalue weighted by Crippen LogP contribution is -2.30. The first-order valence-electron chi connectivity index (χ1n) is 8.77. The Morgan fingerprint density at radius 2 is 1.89 bits per heavy atom. The molecular formula is C20H19F4N3O. The number of carbonyl (C=O) groups excluding carboxylic acids is 1. The first-order valence-corrected chi connectivity index (χ1v) is 8.77. The molecule has 8 heteroatoms. The Hall–Kier alpha value is -2.90. The van der Waals surface area contributed by atoms with Crippen LogP contribution in [-0.4, -0.2) is 31.0 Å². The number of hydrogen-bond acceptors (Lipinski definition) is 3. The highest BCUT2D eigenvalue weighted by Gasteiger charge is 2.33. The Morgan fingerprint density at radius 1 is 1.18 bits per heavy atom. The van der Waals surface area contributed by atoms with E-state index in [1.54, 1.807) is 18.3 Å². The second-order valence-corrected chi connectivity index (χ2v) is 6.50. The zero-order chi connectivity index (χ0) is 20.3. The van der Waals surface area contributed by atoms with Gasteiger partial charge in [0.1, 0.15) is 11.5 Å². The minimum absolute atomic E-state index is 0.146. The molecule has 0 aliphatic carbocycles. The number of nitrogens with zero attached hydrogens (tertiary/aromatic N) is 2. The Morgan fingerprint density at radius 3 is 2.46 bits per heavy atom. The number of amides is 1. The fourth-order valence-electron chi connectivity index (χ4n) is 3.16. The second kappa shape index (κ2) is 8.00. The summed E-state index contributed by atoms with van der Waals surface area (Å²) in [6.45, 7) is 1.20. The highest BCUT2D eigenvalue weighted by molar-refractivity contribution is 5.92. The van der Waals surface area contributed by atoms with E-state index in [2.05, 4.69) is 10.3 Å². The van der Waals surface area contributed by atoms with Crippen molar-refractivity contribution in [2.24, 2.45) is 0 Å². The number of benzene rings is 1. The van der Waals surface area contributed by atoms with Gasteiger partial charge in [0.25, 0.3) is 5.91 Å². The molecule has 1 aromatic heterocycles. The van der Waals surface area contributed by atoms with E-state index >= 15 is 0 Å². The standard InChI is InChI=1S/C20H19F4N3O/c1-25-19(28)18-5-3-16(12-26-18)27-8-6-13(7-9-27)10-14-11-15(21)2-4-17(14)20(22,23)24/h2-5,10-12H,6-9H2,1H3,(H,25,28). The van der Waals surface area contributed by atoms with Gasteiger partial charge in [0, 0.05) is 20.1 Å². The van der Waals surface area contributed by atoms with Crippen molar-refractivity contribution in [2.45, 2.75) is 19.0 Å². The van der Waals surface area contributed by atoms with Gasteiger partial charge in [-0.05, 0) is 48.7 Å². The molecule has 2 aromatic rings. The Kier molecular flexibility index (Phi) is 5.67. The molecule has 28 heavy (non-hydrogen) atoms. The van der Waals surface area contributed by atoms with Crippen molar-refractivity contribution in [1.29, 1.82) is 0 Å². The summed E-state index contributed by atoms with van der Waals surface area (Å²) in [6, 6.07) is 5.94. The van der Waals surface area contributed by atoms with E-state index in [0.717, 1.165) is 29.5 Å². The van der Waals surface area contributed by atoms with E-state index in [-0.39, 0.29) is 11.5 Å². The molecule has 148 valence electrons. The van der Waals surface area contributed by atoms with Crippen LogP contribution in [-0.2, 0) is 6.18 Å². The monoisotopic (exact) mass is 393 g/mol. The van der Waals surface area contributed by atoms with Crippen molar-refractivity contribution in [3.63, 3.8) is 0 Å². The normalized spacial score (nSPS) is 14.8. The van der Waals surface area contributed by atoms with Crippen molar-refractivity contribution in [2.75, 3.05) is 25.0 Å². The van der Waals surface area contributed by atoms with Gasteiger partial charge < -0.3 is 10.2 Å². The number of halogens is 4. The van der Waals surface area contributed by atoms with Crippen LogP contribution in [0.4, 0.5) is 23.2 Å². The van der Waals surface area contributed by atoms with E-state index in [1.807, 2.05) is 4.90 Å². The van der Waals surface area contributed by atoms with Crippen molar-refractivity contribution < 1.29 is 22.4 Å². The summed E-state index contributed by atoms with van der Waals surface area (Å²) in [4.78, 5) is 17.7. The molecule has 0 radical (unpaired) electrons. The number of nitrogens with one attached hydrogen (secondary N) is 1. The summed E-state index contributed by atoms with van der Waals surface area (Å²) in [6.07, 6.45) is -0.362. The topological polar surface area (TPSA) is 45.2 Å². The van der Waals surface area contributed by atoms with Gasteiger partial charge in [-0.3, -0.25) is 4.79 Å². The Balaban J connectivity index is 1.72. The Labute approximate surface area is 159 Å². The SMILES string of the molecule is CNC(=O)c1ccc(N2CCC(=Cc3cc(F)ccc3C(F)(F)F)CC2)cn1. The largest absolute Gasteiger partial charge is 0.416 e. The number of rotatable bonds is 3. The molecule has 0 bridgehead atoms. The highest BCUT2D eigenvalue weighted by atomic mass is 19.4. The minimum Gasteiger partial charge on any atom is -0.370 e. The van der Waals surface area contributed by atoms with Gasteiger partial charge >= 0.3 is 6.18 Å². The van der Waals surface area contributed by atoms with Crippen LogP contribution in [0.25, 0.3) is 6.08 Å². The number of anilines is 1. The van der Waals surface area contributed by atoms with Crippen molar-refractivity contribution >= 4 is 17.7 Å². The molecule has 1 aromatic carbocycles. The van der Waals surface area contributed by atoms with E-state index < -0.39 is 17.6 Å². The highest BCUT2D eigenvalue weighted by Crippen LogP contribution is 2.34. The quantitative estimate of drug-likeness (QED) is 0.792. The predicted molar refractivity (Wildman–Crippen MR) is 98.5 cm³/mol. The molecule has 1 saturated heterocycles. The number of piperidine rings is 1. The molecular weight excluding hydrogens is 374 g/mol. The summed E-state index contributed by atoms with van der Waals surface area (Å²) in [5, 5.41) is 2.50. The predicted octanol–water partition coefficient (Wildman–Crippen LogP) is 4.28. The summed E-state index contributed by atoms with van der Waals surface area (Å²) >= 11 is 0. The first-order chi connectivity index (χ1) is 13.3. The average Bonchev–Trinajstić information content (AvgIpc) is 2.67. The maximum atomic E-state index is 13.4. The fraction of sp³-hybridized carbons (Fsp3) is 0.300. The van der Waals surface area contributed by atoms with Crippen LogP contribution in [0.3, 0.4) is 0 Å². The van der Waals surface area contributed by atoms with Crippen LogP contribution in [0.15, 0.2) is 42.1 Å². The lowest BCUT2D eigenvalue weighted by atomic mass is 9.98. The van der Waals surface area contributed by atoms with Gasteiger partial charge in [-0.2, -0.15) is 13.2 Å². The molecule has 2 heterocycles. The summed E-state index contributed by atoms with van der Waals surface area (Å²) in [5.41, 5.74) is 1.01. The van der Waals surface area contributed by atoms with Crippen LogP contribution in [0.1, 0.15) is 34.5 Å². The van der Waals surface area contributed by atoms with E-state index in [4.69, 9.17) is 0 Å². The first kappa shape index (κ1) is 19.9. The number of aromatic nitrogens is 1. The number of hydrogen-bond donors (Lipinski definition) is 1. The van der Waals surface area contributed by atoms with Crippen LogP contribution in [0.5, 0.6) is 0 Å². The van der Waals surface area contributed by atoms with Crippen LogP contribution in [0.2, 0.25) is 0 Å². The molecule has 0 spiro atoms. The molecule has 1 N–H and O–H groups in total. The fourth-order valence-corrected chi connectivity index (χ4v) is 3.16. The zero-order valence-corrected chi connectivity index (χ0v) is 15.2. The number of pyridine rings is 1. The van der Waals surface area contributed by atoms with Crippen molar-refractivity contribution in [3.05, 3.63) is 64.7 Å². The lowest BCUT2D eigenvalue weighted by Gasteiger charge is -2.30. The van der Waals surface area contributed by atoms with Crippen LogP contribution >= 0.6 is 0 Å². The van der Waals surface area contributed by atoms with Crippen LogP contribution < -0.4 is 10.2 Å². The molecule has 4 nitrogen and oxygen atoms in total. The molecule has 1 amide bonds. The summed E-state index contributed by atoms with van der Waals surface area (Å²) < 4.78 is 52.9. The van der Waals surface area contributed by atoms with E-state index in [1.165, 1.54) is 13.1 Å². The van der Waals surface area contributed by atoms with Crippen LogP contribution in [0, 0.1) is 5.82 Å². The van der Waals surface area contributed by atoms with Crippen molar-refractivity contribution in [1.82, 2.24) is 10.3 Å². The second-order valence-electron chi connectivity index (χ2n) is 6.50. The van der Waals surface area contributed by atoms with Gasteiger partial charge in [0.15, 0.2) is 0 Å².